The zero-order valence-electron chi connectivity index (χ0n) is 11.6. The van der Waals surface area contributed by atoms with Gasteiger partial charge in [-0.15, -0.1) is 0 Å². The Kier molecular flexibility index (Phi) is 3.61. The Morgan fingerprint density at radius 3 is 2.55 bits per heavy atom. The van der Waals surface area contributed by atoms with Gasteiger partial charge in [-0.05, 0) is 30.9 Å². The molecule has 0 bridgehead atoms. The third kappa shape index (κ3) is 2.77. The summed E-state index contributed by atoms with van der Waals surface area (Å²) in [7, 11) is 0. The molecular formula is C15H21FN4. The van der Waals surface area contributed by atoms with E-state index in [1.54, 1.807) is 6.07 Å². The van der Waals surface area contributed by atoms with Crippen molar-refractivity contribution in [2.24, 2.45) is 11.7 Å². The molecule has 1 aromatic rings. The van der Waals surface area contributed by atoms with Crippen molar-refractivity contribution in [3.05, 3.63) is 29.6 Å². The summed E-state index contributed by atoms with van der Waals surface area (Å²) >= 11 is 0. The molecular weight excluding hydrogens is 255 g/mol. The van der Waals surface area contributed by atoms with Gasteiger partial charge in [0, 0.05) is 32.7 Å². The molecule has 0 aromatic heterocycles. The highest BCUT2D eigenvalue weighted by Crippen LogP contribution is 2.30. The van der Waals surface area contributed by atoms with E-state index in [0.717, 1.165) is 37.8 Å². The number of nitrogen functional groups attached to an aromatic ring is 1. The first kappa shape index (κ1) is 13.4. The molecule has 1 aromatic carbocycles. The number of halogens is 1. The van der Waals surface area contributed by atoms with E-state index in [-0.39, 0.29) is 11.4 Å². The molecule has 0 radical (unpaired) electrons. The molecule has 1 aliphatic carbocycles. The van der Waals surface area contributed by atoms with Gasteiger partial charge >= 0.3 is 0 Å². The van der Waals surface area contributed by atoms with E-state index in [4.69, 9.17) is 11.1 Å². The highest BCUT2D eigenvalue weighted by Gasteiger charge is 2.27. The summed E-state index contributed by atoms with van der Waals surface area (Å²) in [6.45, 7) is 4.96. The Morgan fingerprint density at radius 2 is 1.95 bits per heavy atom. The van der Waals surface area contributed by atoms with Crippen LogP contribution in [0.15, 0.2) is 18.2 Å². The topological polar surface area (TPSA) is 56.4 Å². The van der Waals surface area contributed by atoms with Gasteiger partial charge in [-0.3, -0.25) is 10.3 Å². The molecule has 5 heteroatoms. The summed E-state index contributed by atoms with van der Waals surface area (Å²) < 4.78 is 13.9. The Balaban J connectivity index is 1.71. The van der Waals surface area contributed by atoms with Crippen LogP contribution in [-0.4, -0.2) is 43.5 Å². The molecule has 4 nitrogen and oxygen atoms in total. The fourth-order valence-corrected chi connectivity index (χ4v) is 2.88. The maximum absolute atomic E-state index is 13.9. The first-order valence-electron chi connectivity index (χ1n) is 7.25. The molecule has 20 heavy (non-hydrogen) atoms. The minimum absolute atomic E-state index is 0.196. The number of amidine groups is 1. The van der Waals surface area contributed by atoms with Crippen LogP contribution in [0.1, 0.15) is 18.4 Å². The molecule has 0 unspecified atom stereocenters. The second kappa shape index (κ2) is 5.40. The van der Waals surface area contributed by atoms with E-state index in [1.165, 1.54) is 25.5 Å². The van der Waals surface area contributed by atoms with Crippen molar-refractivity contribution in [2.45, 2.75) is 12.8 Å². The van der Waals surface area contributed by atoms with Crippen molar-refractivity contribution in [2.75, 3.05) is 37.6 Å². The van der Waals surface area contributed by atoms with Crippen LogP contribution in [0.25, 0.3) is 0 Å². The van der Waals surface area contributed by atoms with E-state index in [2.05, 4.69) is 9.80 Å². The lowest BCUT2D eigenvalue weighted by atomic mass is 10.1. The maximum atomic E-state index is 13.9. The van der Waals surface area contributed by atoms with E-state index >= 15 is 0 Å². The van der Waals surface area contributed by atoms with E-state index in [1.807, 2.05) is 6.07 Å². The minimum atomic E-state index is -0.407. The number of benzene rings is 1. The molecule has 1 saturated carbocycles. The highest BCUT2D eigenvalue weighted by molar-refractivity contribution is 6.00. The summed E-state index contributed by atoms with van der Waals surface area (Å²) in [5.41, 5.74) is 6.52. The second-order valence-electron chi connectivity index (χ2n) is 5.78. The van der Waals surface area contributed by atoms with Gasteiger partial charge in [0.1, 0.15) is 11.7 Å². The maximum Gasteiger partial charge on any atom is 0.136 e. The minimum Gasteiger partial charge on any atom is -0.384 e. The molecule has 0 atom stereocenters. The number of nitrogens with one attached hydrogen (secondary N) is 1. The summed E-state index contributed by atoms with van der Waals surface area (Å²) in [6, 6.07) is 4.91. The van der Waals surface area contributed by atoms with Gasteiger partial charge in [0.25, 0.3) is 0 Å². The molecule has 2 aliphatic rings. The van der Waals surface area contributed by atoms with Crippen molar-refractivity contribution >= 4 is 11.5 Å². The van der Waals surface area contributed by atoms with E-state index in [9.17, 15) is 4.39 Å². The smallest absolute Gasteiger partial charge is 0.136 e. The Labute approximate surface area is 118 Å². The average Bonchev–Trinajstić information content (AvgIpc) is 3.23. The molecule has 3 N–H and O–H groups in total. The van der Waals surface area contributed by atoms with E-state index in [0.29, 0.717) is 0 Å². The number of piperazine rings is 1. The lowest BCUT2D eigenvalue weighted by Gasteiger charge is -2.37. The zero-order valence-corrected chi connectivity index (χ0v) is 11.6. The number of nitrogens with two attached hydrogens (primary N) is 1. The van der Waals surface area contributed by atoms with Crippen LogP contribution >= 0.6 is 0 Å². The molecule has 0 spiro atoms. The van der Waals surface area contributed by atoms with Crippen molar-refractivity contribution in [1.82, 2.24) is 4.90 Å². The summed E-state index contributed by atoms with van der Waals surface area (Å²) in [5, 5.41) is 7.58. The van der Waals surface area contributed by atoms with Gasteiger partial charge in [-0.2, -0.15) is 0 Å². The van der Waals surface area contributed by atoms with Gasteiger partial charge in [0.15, 0.2) is 0 Å². The normalized spacial score (nSPS) is 20.1. The predicted molar refractivity (Wildman–Crippen MR) is 78.8 cm³/mol. The molecule has 1 aliphatic heterocycles. The molecule has 2 fully saturated rings. The fourth-order valence-electron chi connectivity index (χ4n) is 2.88. The highest BCUT2D eigenvalue weighted by atomic mass is 19.1. The first-order chi connectivity index (χ1) is 9.65. The fraction of sp³-hybridized carbons (Fsp3) is 0.533. The van der Waals surface area contributed by atoms with Crippen molar-refractivity contribution < 1.29 is 4.39 Å². The number of hydrogen-bond acceptors (Lipinski definition) is 3. The van der Waals surface area contributed by atoms with Gasteiger partial charge < -0.3 is 10.6 Å². The third-order valence-corrected chi connectivity index (χ3v) is 4.19. The van der Waals surface area contributed by atoms with Crippen LogP contribution in [0.2, 0.25) is 0 Å². The Morgan fingerprint density at radius 1 is 1.25 bits per heavy atom. The Hall–Kier alpha value is -1.62. The first-order valence-corrected chi connectivity index (χ1v) is 7.25. The van der Waals surface area contributed by atoms with Crippen LogP contribution in [0.4, 0.5) is 10.1 Å². The second-order valence-corrected chi connectivity index (χ2v) is 5.78. The average molecular weight is 276 g/mol. The van der Waals surface area contributed by atoms with Crippen LogP contribution < -0.4 is 10.6 Å². The van der Waals surface area contributed by atoms with Crippen molar-refractivity contribution in [1.29, 1.82) is 5.41 Å². The number of anilines is 1. The lowest BCUT2D eigenvalue weighted by molar-refractivity contribution is 0.248. The van der Waals surface area contributed by atoms with Crippen LogP contribution in [0.3, 0.4) is 0 Å². The van der Waals surface area contributed by atoms with Crippen LogP contribution in [0.5, 0.6) is 0 Å². The van der Waals surface area contributed by atoms with Gasteiger partial charge in [-0.25, -0.2) is 4.39 Å². The molecule has 1 saturated heterocycles. The molecule has 1 heterocycles. The van der Waals surface area contributed by atoms with Crippen LogP contribution in [0, 0.1) is 17.1 Å². The number of hydrogen-bond donors (Lipinski definition) is 2. The summed E-state index contributed by atoms with van der Waals surface area (Å²) in [6.07, 6.45) is 2.75. The Bertz CT molecular complexity index is 505. The van der Waals surface area contributed by atoms with Gasteiger partial charge in [0.2, 0.25) is 0 Å². The van der Waals surface area contributed by atoms with Crippen molar-refractivity contribution in [3.8, 4) is 0 Å². The standard InChI is InChI=1S/C15H21FN4/c16-12-2-1-3-13(14(12)15(17)18)20-8-6-19(7-9-20)10-11-4-5-11/h1-3,11H,4-10H2,(H3,17,18). The largest absolute Gasteiger partial charge is 0.384 e. The predicted octanol–water partition coefficient (Wildman–Crippen LogP) is 1.64. The van der Waals surface area contributed by atoms with E-state index < -0.39 is 5.82 Å². The van der Waals surface area contributed by atoms with Gasteiger partial charge in [0.05, 0.1) is 11.3 Å². The SMILES string of the molecule is N=C(N)c1c(F)cccc1N1CCN(CC2CC2)CC1. The number of rotatable bonds is 4. The lowest BCUT2D eigenvalue weighted by Crippen LogP contribution is -2.47. The summed E-state index contributed by atoms with van der Waals surface area (Å²) in [4.78, 5) is 4.63. The number of nitrogens with zero attached hydrogens (tertiary/aromatic N) is 2. The zero-order chi connectivity index (χ0) is 14.1. The molecule has 3 rings (SSSR count). The summed E-state index contributed by atoms with van der Waals surface area (Å²) in [5.74, 6) is 0.303. The monoisotopic (exact) mass is 276 g/mol. The third-order valence-electron chi connectivity index (χ3n) is 4.19. The van der Waals surface area contributed by atoms with Crippen LogP contribution in [-0.2, 0) is 0 Å². The molecule has 108 valence electrons. The van der Waals surface area contributed by atoms with Crippen molar-refractivity contribution in [3.63, 3.8) is 0 Å². The van der Waals surface area contributed by atoms with Gasteiger partial charge in [-0.1, -0.05) is 6.07 Å². The molecule has 0 amide bonds. The quantitative estimate of drug-likeness (QED) is 0.649.